The Hall–Kier alpha value is -3.65. The van der Waals surface area contributed by atoms with E-state index in [1.807, 2.05) is 0 Å². The van der Waals surface area contributed by atoms with E-state index in [1.54, 1.807) is 25.1 Å². The topological polar surface area (TPSA) is 60.1 Å². The third-order valence-electron chi connectivity index (χ3n) is 6.12. The Kier molecular flexibility index (Phi) is 5.83. The van der Waals surface area contributed by atoms with E-state index in [0.717, 1.165) is 38.1 Å². The van der Waals surface area contributed by atoms with Gasteiger partial charge in [0.1, 0.15) is 23.1 Å². The number of rotatable bonds is 4. The van der Waals surface area contributed by atoms with E-state index in [0.29, 0.717) is 22.7 Å². The number of hydrogen-bond donors (Lipinski definition) is 1. The van der Waals surface area contributed by atoms with Crippen LogP contribution >= 0.6 is 0 Å². The molecule has 1 N–H and O–H groups in total. The van der Waals surface area contributed by atoms with Gasteiger partial charge in [-0.15, -0.1) is 0 Å². The molecule has 1 fully saturated rings. The summed E-state index contributed by atoms with van der Waals surface area (Å²) >= 11 is 0. The molecule has 8 heteroatoms. The Bertz CT molecular complexity index is 1400. The molecule has 0 spiro atoms. The van der Waals surface area contributed by atoms with Gasteiger partial charge in [0.05, 0.1) is 11.3 Å². The van der Waals surface area contributed by atoms with E-state index in [9.17, 15) is 18.0 Å². The van der Waals surface area contributed by atoms with E-state index in [-0.39, 0.29) is 22.9 Å². The largest absolute Gasteiger partial charge is 0.440 e. The lowest BCUT2D eigenvalue weighted by Gasteiger charge is -2.19. The lowest BCUT2D eigenvalue weighted by molar-refractivity contribution is 0.378. The van der Waals surface area contributed by atoms with Crippen LogP contribution in [0.4, 0.5) is 13.2 Å². The molecule has 34 heavy (non-hydrogen) atoms. The molecule has 1 saturated heterocycles. The molecule has 1 aliphatic heterocycles. The molecular weight excluding hydrogens is 443 g/mol. The normalized spacial score (nSPS) is 14.5. The van der Waals surface area contributed by atoms with Crippen molar-refractivity contribution in [3.8, 4) is 28.3 Å². The maximum absolute atomic E-state index is 14.8. The molecule has 3 heterocycles. The standard InChI is InChI=1S/C26H22F3N3O2/c1-15-3-2-4-20(28)24(15)32-14-17(5-8-22(32)33)23-25(19-7-6-18(27)13-21(19)29)34-26(31-23)16-9-11-30-12-10-16/h2-8,13-14,16,30H,9-12H2,1H3. The maximum Gasteiger partial charge on any atom is 0.255 e. The van der Waals surface area contributed by atoms with Gasteiger partial charge in [-0.1, -0.05) is 12.1 Å². The van der Waals surface area contributed by atoms with Crippen LogP contribution in [-0.2, 0) is 0 Å². The zero-order chi connectivity index (χ0) is 23.8. The van der Waals surface area contributed by atoms with Crippen molar-refractivity contribution >= 4 is 0 Å². The first-order valence-electron chi connectivity index (χ1n) is 11.1. The average molecular weight is 465 g/mol. The summed E-state index contributed by atoms with van der Waals surface area (Å²) in [4.78, 5) is 17.3. The smallest absolute Gasteiger partial charge is 0.255 e. The third-order valence-corrected chi connectivity index (χ3v) is 6.12. The highest BCUT2D eigenvalue weighted by molar-refractivity contribution is 5.77. The summed E-state index contributed by atoms with van der Waals surface area (Å²) in [6.07, 6.45) is 3.08. The van der Waals surface area contributed by atoms with E-state index in [1.165, 1.54) is 29.0 Å². The first kappa shape index (κ1) is 22.2. The fourth-order valence-corrected chi connectivity index (χ4v) is 4.36. The molecule has 5 nitrogen and oxygen atoms in total. The second-order valence-electron chi connectivity index (χ2n) is 8.41. The fraction of sp³-hybridized carbons (Fsp3) is 0.231. The van der Waals surface area contributed by atoms with Gasteiger partial charge in [0.2, 0.25) is 0 Å². The number of oxazole rings is 1. The summed E-state index contributed by atoms with van der Waals surface area (Å²) in [6, 6.07) is 10.7. The number of nitrogens with one attached hydrogen (secondary N) is 1. The van der Waals surface area contributed by atoms with Crippen molar-refractivity contribution in [1.29, 1.82) is 0 Å². The number of aromatic nitrogens is 2. The Labute approximate surface area is 193 Å². The van der Waals surface area contributed by atoms with E-state index < -0.39 is 23.0 Å². The number of aryl methyl sites for hydroxylation is 1. The first-order valence-corrected chi connectivity index (χ1v) is 11.1. The molecule has 2 aromatic carbocycles. The van der Waals surface area contributed by atoms with E-state index in [2.05, 4.69) is 10.3 Å². The monoisotopic (exact) mass is 465 g/mol. The summed E-state index contributed by atoms with van der Waals surface area (Å²) in [5.74, 6) is -1.40. The van der Waals surface area contributed by atoms with Gasteiger partial charge in [-0.2, -0.15) is 0 Å². The zero-order valence-electron chi connectivity index (χ0n) is 18.4. The molecule has 5 rings (SSSR count). The molecule has 0 amide bonds. The predicted molar refractivity (Wildman–Crippen MR) is 122 cm³/mol. The number of benzene rings is 2. The minimum Gasteiger partial charge on any atom is -0.440 e. The molecular formula is C26H22F3N3O2. The van der Waals surface area contributed by atoms with E-state index in [4.69, 9.17) is 4.42 Å². The Morgan fingerprint density at radius 3 is 2.56 bits per heavy atom. The fourth-order valence-electron chi connectivity index (χ4n) is 4.36. The summed E-state index contributed by atoms with van der Waals surface area (Å²) in [5.41, 5.74) is 1.11. The van der Waals surface area contributed by atoms with Crippen molar-refractivity contribution in [2.45, 2.75) is 25.7 Å². The lowest BCUT2D eigenvalue weighted by atomic mass is 9.98. The number of nitrogens with zero attached hydrogens (tertiary/aromatic N) is 2. The molecule has 174 valence electrons. The number of piperidine rings is 1. The van der Waals surface area contributed by atoms with Gasteiger partial charge in [0.15, 0.2) is 11.7 Å². The number of para-hydroxylation sites is 1. The van der Waals surface area contributed by atoms with Gasteiger partial charge < -0.3 is 9.73 Å². The number of hydrogen-bond acceptors (Lipinski definition) is 4. The summed E-state index contributed by atoms with van der Waals surface area (Å²) < 4.78 is 50.3. The maximum atomic E-state index is 14.8. The molecule has 1 aliphatic rings. The molecule has 0 radical (unpaired) electrons. The summed E-state index contributed by atoms with van der Waals surface area (Å²) in [7, 11) is 0. The Morgan fingerprint density at radius 2 is 1.82 bits per heavy atom. The number of halogens is 3. The van der Waals surface area contributed by atoms with Gasteiger partial charge in [0.25, 0.3) is 5.56 Å². The highest BCUT2D eigenvalue weighted by Gasteiger charge is 2.26. The van der Waals surface area contributed by atoms with Crippen LogP contribution in [0.25, 0.3) is 28.3 Å². The van der Waals surface area contributed by atoms with Gasteiger partial charge in [-0.3, -0.25) is 9.36 Å². The van der Waals surface area contributed by atoms with Crippen molar-refractivity contribution in [3.63, 3.8) is 0 Å². The van der Waals surface area contributed by atoms with Crippen molar-refractivity contribution < 1.29 is 17.6 Å². The Balaban J connectivity index is 1.70. The number of pyridine rings is 1. The minimum absolute atomic E-state index is 0.0389. The summed E-state index contributed by atoms with van der Waals surface area (Å²) in [5, 5.41) is 3.28. The molecule has 4 aromatic rings. The quantitative estimate of drug-likeness (QED) is 0.441. The first-order chi connectivity index (χ1) is 16.4. The van der Waals surface area contributed by atoms with Gasteiger partial charge in [-0.05, 0) is 62.7 Å². The van der Waals surface area contributed by atoms with Crippen LogP contribution in [0.15, 0.2) is 63.9 Å². The predicted octanol–water partition coefficient (Wildman–Crippen LogP) is 5.35. The second-order valence-corrected chi connectivity index (χ2v) is 8.41. The lowest BCUT2D eigenvalue weighted by Crippen LogP contribution is -2.26. The molecule has 0 saturated carbocycles. The van der Waals surface area contributed by atoms with Crippen molar-refractivity contribution in [2.75, 3.05) is 13.1 Å². The SMILES string of the molecule is Cc1cccc(F)c1-n1cc(-c2nc(C3CCNCC3)oc2-c2ccc(F)cc2F)ccc1=O. The van der Waals surface area contributed by atoms with Crippen molar-refractivity contribution in [1.82, 2.24) is 14.9 Å². The summed E-state index contributed by atoms with van der Waals surface area (Å²) in [6.45, 7) is 3.32. The van der Waals surface area contributed by atoms with Crippen LogP contribution in [0.1, 0.15) is 30.2 Å². The molecule has 0 aliphatic carbocycles. The van der Waals surface area contributed by atoms with E-state index >= 15 is 0 Å². The van der Waals surface area contributed by atoms with Crippen molar-refractivity contribution in [3.05, 3.63) is 94.0 Å². The third kappa shape index (κ3) is 4.05. The van der Waals surface area contributed by atoms with Crippen LogP contribution in [0.3, 0.4) is 0 Å². The van der Waals surface area contributed by atoms with Crippen LogP contribution in [0.5, 0.6) is 0 Å². The highest BCUT2D eigenvalue weighted by atomic mass is 19.1. The second kappa shape index (κ2) is 8.95. The molecule has 0 unspecified atom stereocenters. The van der Waals surface area contributed by atoms with Crippen molar-refractivity contribution in [2.24, 2.45) is 0 Å². The van der Waals surface area contributed by atoms with Crippen LogP contribution in [0, 0.1) is 24.4 Å². The van der Waals surface area contributed by atoms with Gasteiger partial charge in [0, 0.05) is 29.8 Å². The van der Waals surface area contributed by atoms with Gasteiger partial charge in [-0.25, -0.2) is 18.2 Å². The molecule has 0 atom stereocenters. The van der Waals surface area contributed by atoms with Gasteiger partial charge >= 0.3 is 0 Å². The van der Waals surface area contributed by atoms with Crippen LogP contribution < -0.4 is 10.9 Å². The zero-order valence-corrected chi connectivity index (χ0v) is 18.4. The molecule has 2 aromatic heterocycles. The van der Waals surface area contributed by atoms with Crippen LogP contribution in [0.2, 0.25) is 0 Å². The Morgan fingerprint density at radius 1 is 1.03 bits per heavy atom. The average Bonchev–Trinajstić information content (AvgIpc) is 3.26. The molecule has 0 bridgehead atoms. The minimum atomic E-state index is -0.785. The highest BCUT2D eigenvalue weighted by Crippen LogP contribution is 2.38. The van der Waals surface area contributed by atoms with Crippen LogP contribution in [-0.4, -0.2) is 22.6 Å².